The Bertz CT molecular complexity index is 975. The van der Waals surface area contributed by atoms with Gasteiger partial charge < -0.3 is 24.0 Å². The first kappa shape index (κ1) is 44.4. The zero-order chi connectivity index (χ0) is 36.0. The molecule has 1 aromatic carbocycles. The van der Waals surface area contributed by atoms with Gasteiger partial charge in [-0.15, -0.1) is 0 Å². The molecule has 0 spiro atoms. The predicted molar refractivity (Wildman–Crippen MR) is 201 cm³/mol. The van der Waals surface area contributed by atoms with Crippen molar-refractivity contribution in [3.8, 4) is 5.75 Å². The van der Waals surface area contributed by atoms with E-state index in [0.717, 1.165) is 49.6 Å². The first-order chi connectivity index (χ1) is 23.7. The number of hydrogen-bond acceptors (Lipinski definition) is 6. The van der Waals surface area contributed by atoms with Gasteiger partial charge in [-0.2, -0.15) is 0 Å². The van der Waals surface area contributed by atoms with Crippen molar-refractivity contribution in [3.63, 3.8) is 0 Å². The molecular weight excluding hydrogens is 616 g/mol. The van der Waals surface area contributed by atoms with Crippen molar-refractivity contribution in [3.05, 3.63) is 29.8 Å². The summed E-state index contributed by atoms with van der Waals surface area (Å²) in [6.45, 7) is 6.60. The average Bonchev–Trinajstić information content (AvgIpc) is 3.07. The number of benzene rings is 1. The Morgan fingerprint density at radius 2 is 1.06 bits per heavy atom. The van der Waals surface area contributed by atoms with Gasteiger partial charge in [0.15, 0.2) is 0 Å². The van der Waals surface area contributed by atoms with E-state index in [1.807, 2.05) is 0 Å². The summed E-state index contributed by atoms with van der Waals surface area (Å²) >= 11 is 0. The monoisotopic (exact) mass is 690 g/mol. The Hall–Kier alpha value is -2.61. The number of carbonyl (C=O) groups is 3. The van der Waals surface area contributed by atoms with Crippen molar-refractivity contribution in [1.29, 1.82) is 0 Å². The van der Waals surface area contributed by atoms with Gasteiger partial charge in [0.25, 0.3) is 5.91 Å². The highest BCUT2D eigenvalue weighted by molar-refractivity contribution is 5.97. The maximum Gasteiger partial charge on any atom is 0.328 e. The standard InChI is InChI=1S/C41H72N2O6/c1-6-8-10-12-14-16-18-20-22-24-33-48-39(44)31-30-38(41(46)49-34-25-23-21-19-17-15-13-11-9-7-2)42-40(45)36-26-28-37(29-27-36)47-35-32-43(3,4)5/h26-29,38H,6-25,30-35H2,1-5H3/p+1/t38-/m0/s1. The van der Waals surface area contributed by atoms with Crippen LogP contribution < -0.4 is 10.1 Å². The molecule has 1 N–H and O–H groups in total. The molecule has 0 heterocycles. The molecule has 282 valence electrons. The second-order valence-electron chi connectivity index (χ2n) is 14.7. The largest absolute Gasteiger partial charge is 0.488 e. The van der Waals surface area contributed by atoms with E-state index < -0.39 is 17.9 Å². The van der Waals surface area contributed by atoms with Gasteiger partial charge in [-0.25, -0.2) is 4.79 Å². The van der Waals surface area contributed by atoms with E-state index in [0.29, 0.717) is 31.1 Å². The molecule has 0 aromatic heterocycles. The molecule has 0 bridgehead atoms. The molecule has 0 saturated carbocycles. The number of nitrogens with zero attached hydrogens (tertiary/aromatic N) is 1. The minimum atomic E-state index is -0.930. The zero-order valence-corrected chi connectivity index (χ0v) is 32.2. The molecule has 0 aliphatic heterocycles. The fourth-order valence-corrected chi connectivity index (χ4v) is 5.60. The highest BCUT2D eigenvalue weighted by atomic mass is 16.5. The highest BCUT2D eigenvalue weighted by Gasteiger charge is 2.24. The zero-order valence-electron chi connectivity index (χ0n) is 32.2. The predicted octanol–water partition coefficient (Wildman–Crippen LogP) is 9.58. The quantitative estimate of drug-likeness (QED) is 0.0460. The fourth-order valence-electron chi connectivity index (χ4n) is 5.60. The molecule has 0 radical (unpaired) electrons. The maximum absolute atomic E-state index is 13.1. The van der Waals surface area contributed by atoms with E-state index in [2.05, 4.69) is 40.3 Å². The van der Waals surface area contributed by atoms with Gasteiger partial charge in [0.1, 0.15) is 24.9 Å². The molecule has 8 nitrogen and oxygen atoms in total. The smallest absolute Gasteiger partial charge is 0.328 e. The van der Waals surface area contributed by atoms with Gasteiger partial charge in [-0.1, -0.05) is 129 Å². The molecule has 0 aliphatic rings. The van der Waals surface area contributed by atoms with E-state index in [-0.39, 0.29) is 18.8 Å². The molecule has 49 heavy (non-hydrogen) atoms. The number of rotatable bonds is 32. The summed E-state index contributed by atoms with van der Waals surface area (Å²) < 4.78 is 17.6. The third-order valence-electron chi connectivity index (χ3n) is 8.88. The number of likely N-dealkylation sites (N-methyl/N-ethyl adjacent to an activating group) is 1. The Balaban J connectivity index is 2.50. The molecule has 1 atom stereocenters. The third kappa shape index (κ3) is 25.9. The van der Waals surface area contributed by atoms with Crippen LogP contribution in [0.4, 0.5) is 0 Å². The van der Waals surface area contributed by atoms with Crippen molar-refractivity contribution in [2.75, 3.05) is 47.5 Å². The Morgan fingerprint density at radius 3 is 1.53 bits per heavy atom. The van der Waals surface area contributed by atoms with Crippen molar-refractivity contribution in [1.82, 2.24) is 5.32 Å². The van der Waals surface area contributed by atoms with E-state index >= 15 is 0 Å². The molecular formula is C41H73N2O6+. The molecule has 0 unspecified atom stereocenters. The van der Waals surface area contributed by atoms with Gasteiger partial charge in [0.05, 0.1) is 34.4 Å². The van der Waals surface area contributed by atoms with Crippen molar-refractivity contribution in [2.45, 2.75) is 161 Å². The normalized spacial score (nSPS) is 12.0. The van der Waals surface area contributed by atoms with Crippen LogP contribution in [0.5, 0.6) is 5.75 Å². The van der Waals surface area contributed by atoms with Crippen LogP contribution >= 0.6 is 0 Å². The van der Waals surface area contributed by atoms with Crippen LogP contribution in [-0.2, 0) is 19.1 Å². The second kappa shape index (κ2) is 29.2. The summed E-state index contributed by atoms with van der Waals surface area (Å²) in [6, 6.07) is 5.95. The van der Waals surface area contributed by atoms with Crippen molar-refractivity contribution in [2.24, 2.45) is 0 Å². The SMILES string of the molecule is CCCCCCCCCCCCOC(=O)CC[C@H](NC(=O)c1ccc(OCC[N+](C)(C)C)cc1)C(=O)OCCCCCCCCCCCC. The molecule has 1 amide bonds. The van der Waals surface area contributed by atoms with E-state index in [9.17, 15) is 14.4 Å². The number of ether oxygens (including phenoxy) is 3. The number of carbonyl (C=O) groups excluding carboxylic acids is 3. The Morgan fingerprint density at radius 1 is 0.612 bits per heavy atom. The van der Waals surface area contributed by atoms with Crippen LogP contribution in [-0.4, -0.2) is 75.9 Å². The summed E-state index contributed by atoms with van der Waals surface area (Å²) in [4.78, 5) is 38.7. The molecule has 0 aliphatic carbocycles. The molecule has 1 rings (SSSR count). The number of amides is 1. The summed E-state index contributed by atoms with van der Waals surface area (Å²) in [7, 11) is 6.32. The summed E-state index contributed by atoms with van der Waals surface area (Å²) in [5, 5.41) is 2.81. The summed E-state index contributed by atoms with van der Waals surface area (Å²) in [5.41, 5.74) is 0.412. The van der Waals surface area contributed by atoms with Gasteiger partial charge in [0, 0.05) is 12.0 Å². The van der Waals surface area contributed by atoms with Crippen molar-refractivity contribution >= 4 is 17.8 Å². The minimum Gasteiger partial charge on any atom is -0.488 e. The lowest BCUT2D eigenvalue weighted by Gasteiger charge is -2.23. The van der Waals surface area contributed by atoms with Crippen LogP contribution in [0.25, 0.3) is 0 Å². The lowest BCUT2D eigenvalue weighted by molar-refractivity contribution is -0.870. The van der Waals surface area contributed by atoms with Crippen LogP contribution in [0.1, 0.15) is 165 Å². The number of unbranched alkanes of at least 4 members (excludes halogenated alkanes) is 18. The van der Waals surface area contributed by atoms with Gasteiger partial charge >= 0.3 is 11.9 Å². The van der Waals surface area contributed by atoms with E-state index in [1.165, 1.54) is 89.9 Å². The topological polar surface area (TPSA) is 90.9 Å². The van der Waals surface area contributed by atoms with Crippen LogP contribution in [0.15, 0.2) is 24.3 Å². The Kier molecular flexibility index (Phi) is 26.4. The van der Waals surface area contributed by atoms with Gasteiger partial charge in [-0.3, -0.25) is 9.59 Å². The van der Waals surface area contributed by atoms with E-state index in [4.69, 9.17) is 14.2 Å². The van der Waals surface area contributed by atoms with Crippen LogP contribution in [0.2, 0.25) is 0 Å². The second-order valence-corrected chi connectivity index (χ2v) is 14.7. The molecule has 0 saturated heterocycles. The number of esters is 2. The van der Waals surface area contributed by atoms with Gasteiger partial charge in [0.2, 0.25) is 0 Å². The number of quaternary nitrogens is 1. The Labute approximate surface area is 300 Å². The number of nitrogens with one attached hydrogen (secondary N) is 1. The summed E-state index contributed by atoms with van der Waals surface area (Å²) in [6.07, 6.45) is 24.3. The maximum atomic E-state index is 13.1. The number of hydrogen-bond donors (Lipinski definition) is 1. The lowest BCUT2D eigenvalue weighted by Crippen LogP contribution is -2.42. The average molecular weight is 690 g/mol. The molecule has 8 heteroatoms. The lowest BCUT2D eigenvalue weighted by atomic mass is 10.1. The fraction of sp³-hybridized carbons (Fsp3) is 0.780. The molecule has 0 fully saturated rings. The highest BCUT2D eigenvalue weighted by Crippen LogP contribution is 2.15. The van der Waals surface area contributed by atoms with E-state index in [1.54, 1.807) is 24.3 Å². The summed E-state index contributed by atoms with van der Waals surface area (Å²) in [5.74, 6) is -0.569. The van der Waals surface area contributed by atoms with Crippen molar-refractivity contribution < 1.29 is 33.1 Å². The van der Waals surface area contributed by atoms with Crippen LogP contribution in [0.3, 0.4) is 0 Å². The third-order valence-corrected chi connectivity index (χ3v) is 8.88. The first-order valence-corrected chi connectivity index (χ1v) is 19.8. The first-order valence-electron chi connectivity index (χ1n) is 19.8. The minimum absolute atomic E-state index is 0.0368. The van der Waals surface area contributed by atoms with Gasteiger partial charge in [-0.05, 0) is 43.5 Å². The molecule has 1 aromatic rings. The van der Waals surface area contributed by atoms with Crippen LogP contribution in [0, 0.1) is 0 Å².